The molecular formula is C15H20N4O3. The van der Waals surface area contributed by atoms with Gasteiger partial charge in [0, 0.05) is 24.7 Å². The van der Waals surface area contributed by atoms with Crippen molar-refractivity contribution in [3.63, 3.8) is 0 Å². The van der Waals surface area contributed by atoms with Crippen molar-refractivity contribution in [1.82, 2.24) is 14.7 Å². The monoisotopic (exact) mass is 304 g/mol. The highest BCUT2D eigenvalue weighted by Gasteiger charge is 2.15. The van der Waals surface area contributed by atoms with Crippen molar-refractivity contribution < 1.29 is 15.0 Å². The second kappa shape index (κ2) is 7.06. The Bertz CT molecular complexity index is 631. The Morgan fingerprint density at radius 3 is 2.27 bits per heavy atom. The maximum atomic E-state index is 12.3. The predicted octanol–water partition coefficient (Wildman–Crippen LogP) is 0.190. The summed E-state index contributed by atoms with van der Waals surface area (Å²) in [7, 11) is 0. The third kappa shape index (κ3) is 3.44. The lowest BCUT2D eigenvalue weighted by Gasteiger charge is -2.20. The number of aryl methyl sites for hydroxylation is 1. The lowest BCUT2D eigenvalue weighted by atomic mass is 10.1. The van der Waals surface area contributed by atoms with Crippen LogP contribution in [-0.4, -0.2) is 57.1 Å². The van der Waals surface area contributed by atoms with E-state index in [1.54, 1.807) is 35.0 Å². The van der Waals surface area contributed by atoms with E-state index in [2.05, 4.69) is 5.10 Å². The first-order valence-corrected chi connectivity index (χ1v) is 7.00. The number of hydrogen-bond donors (Lipinski definition) is 3. The molecule has 2 aromatic rings. The number of aromatic nitrogens is 2. The van der Waals surface area contributed by atoms with E-state index in [1.807, 2.05) is 6.92 Å². The van der Waals surface area contributed by atoms with E-state index in [4.69, 9.17) is 15.9 Å². The zero-order valence-corrected chi connectivity index (χ0v) is 12.4. The van der Waals surface area contributed by atoms with Gasteiger partial charge in [0.2, 0.25) is 0 Å². The normalized spacial score (nSPS) is 10.7. The van der Waals surface area contributed by atoms with Crippen molar-refractivity contribution >= 4 is 11.7 Å². The zero-order valence-electron chi connectivity index (χ0n) is 12.4. The van der Waals surface area contributed by atoms with Gasteiger partial charge in [-0.3, -0.25) is 4.79 Å². The highest BCUT2D eigenvalue weighted by molar-refractivity contribution is 5.94. The van der Waals surface area contributed by atoms with Gasteiger partial charge in [-0.15, -0.1) is 0 Å². The van der Waals surface area contributed by atoms with Crippen LogP contribution in [0.5, 0.6) is 0 Å². The van der Waals surface area contributed by atoms with Crippen LogP contribution in [0.1, 0.15) is 16.1 Å². The van der Waals surface area contributed by atoms with Crippen LogP contribution in [0.3, 0.4) is 0 Å². The molecule has 1 amide bonds. The van der Waals surface area contributed by atoms with Crippen molar-refractivity contribution in [2.75, 3.05) is 32.0 Å². The summed E-state index contributed by atoms with van der Waals surface area (Å²) >= 11 is 0. The van der Waals surface area contributed by atoms with Gasteiger partial charge in [0.25, 0.3) is 5.91 Å². The molecule has 22 heavy (non-hydrogen) atoms. The first kappa shape index (κ1) is 16.0. The van der Waals surface area contributed by atoms with E-state index < -0.39 is 0 Å². The van der Waals surface area contributed by atoms with Crippen LogP contribution in [-0.2, 0) is 0 Å². The van der Waals surface area contributed by atoms with Gasteiger partial charge in [-0.1, -0.05) is 0 Å². The maximum absolute atomic E-state index is 12.3. The van der Waals surface area contributed by atoms with E-state index >= 15 is 0 Å². The summed E-state index contributed by atoms with van der Waals surface area (Å²) in [5.41, 5.74) is 7.92. The average molecular weight is 304 g/mol. The van der Waals surface area contributed by atoms with Crippen molar-refractivity contribution in [2.24, 2.45) is 0 Å². The number of benzene rings is 1. The highest BCUT2D eigenvalue weighted by Crippen LogP contribution is 2.15. The third-order valence-electron chi connectivity index (χ3n) is 3.24. The van der Waals surface area contributed by atoms with Crippen LogP contribution in [0.15, 0.2) is 30.3 Å². The number of hydrogen-bond acceptors (Lipinski definition) is 5. The smallest absolute Gasteiger partial charge is 0.254 e. The number of carbonyl (C=O) groups excluding carboxylic acids is 1. The number of nitrogens with zero attached hydrogens (tertiary/aromatic N) is 3. The van der Waals surface area contributed by atoms with E-state index in [1.165, 1.54) is 4.90 Å². The molecule has 0 saturated heterocycles. The maximum Gasteiger partial charge on any atom is 0.254 e. The summed E-state index contributed by atoms with van der Waals surface area (Å²) in [6, 6.07) is 8.63. The van der Waals surface area contributed by atoms with Crippen LogP contribution < -0.4 is 5.73 Å². The molecule has 2 rings (SSSR count). The fraction of sp³-hybridized carbons (Fsp3) is 0.333. The van der Waals surface area contributed by atoms with Crippen LogP contribution >= 0.6 is 0 Å². The average Bonchev–Trinajstić information content (AvgIpc) is 2.85. The molecule has 7 heteroatoms. The molecule has 0 spiro atoms. The van der Waals surface area contributed by atoms with Gasteiger partial charge in [-0.05, 0) is 31.2 Å². The Labute approximate surface area is 128 Å². The van der Waals surface area contributed by atoms with Gasteiger partial charge in [0.05, 0.1) is 24.6 Å². The number of nitrogen functional groups attached to an aromatic ring is 1. The molecule has 0 saturated carbocycles. The van der Waals surface area contributed by atoms with Crippen molar-refractivity contribution in [1.29, 1.82) is 0 Å². The highest BCUT2D eigenvalue weighted by atomic mass is 16.3. The van der Waals surface area contributed by atoms with Crippen LogP contribution in [0, 0.1) is 6.92 Å². The Balaban J connectivity index is 2.20. The van der Waals surface area contributed by atoms with E-state index in [0.717, 1.165) is 11.4 Å². The first-order chi connectivity index (χ1) is 10.6. The number of amides is 1. The van der Waals surface area contributed by atoms with Gasteiger partial charge in [-0.2, -0.15) is 5.10 Å². The summed E-state index contributed by atoms with van der Waals surface area (Å²) in [4.78, 5) is 13.7. The molecule has 0 radical (unpaired) electrons. The molecule has 0 aliphatic rings. The van der Waals surface area contributed by atoms with E-state index in [0.29, 0.717) is 11.4 Å². The minimum Gasteiger partial charge on any atom is -0.395 e. The molecule has 1 aromatic carbocycles. The van der Waals surface area contributed by atoms with Gasteiger partial charge in [0.1, 0.15) is 5.82 Å². The van der Waals surface area contributed by atoms with Gasteiger partial charge >= 0.3 is 0 Å². The summed E-state index contributed by atoms with van der Waals surface area (Å²) < 4.78 is 1.60. The van der Waals surface area contributed by atoms with Crippen molar-refractivity contribution in [2.45, 2.75) is 6.92 Å². The first-order valence-electron chi connectivity index (χ1n) is 7.00. The molecule has 1 aromatic heterocycles. The lowest BCUT2D eigenvalue weighted by Crippen LogP contribution is -2.35. The third-order valence-corrected chi connectivity index (χ3v) is 3.24. The number of rotatable bonds is 6. The Morgan fingerprint density at radius 1 is 1.23 bits per heavy atom. The minimum atomic E-state index is -0.237. The number of nitrogens with two attached hydrogens (primary N) is 1. The summed E-state index contributed by atoms with van der Waals surface area (Å²) in [6.07, 6.45) is 0. The van der Waals surface area contributed by atoms with Gasteiger partial charge in [-0.25, -0.2) is 4.68 Å². The molecule has 118 valence electrons. The van der Waals surface area contributed by atoms with Crippen LogP contribution in [0.25, 0.3) is 5.69 Å². The SMILES string of the molecule is Cc1cc(N)n(-c2ccc(C(=O)N(CCO)CCO)cc2)n1. The molecular weight excluding hydrogens is 284 g/mol. The topological polar surface area (TPSA) is 105 Å². The number of anilines is 1. The summed E-state index contributed by atoms with van der Waals surface area (Å²) in [5, 5.41) is 22.2. The fourth-order valence-corrected chi connectivity index (χ4v) is 2.21. The van der Waals surface area contributed by atoms with Crippen molar-refractivity contribution in [3.8, 4) is 5.69 Å². The zero-order chi connectivity index (χ0) is 16.1. The molecule has 1 heterocycles. The minimum absolute atomic E-state index is 0.146. The molecule has 4 N–H and O–H groups in total. The second-order valence-electron chi connectivity index (χ2n) is 4.91. The molecule has 0 bridgehead atoms. The van der Waals surface area contributed by atoms with E-state index in [9.17, 15) is 4.79 Å². The predicted molar refractivity (Wildman–Crippen MR) is 82.8 cm³/mol. The van der Waals surface area contributed by atoms with Gasteiger partial charge in [0.15, 0.2) is 0 Å². The Kier molecular flexibility index (Phi) is 5.13. The molecule has 7 nitrogen and oxygen atoms in total. The summed E-state index contributed by atoms with van der Waals surface area (Å²) in [5.74, 6) is 0.290. The number of aliphatic hydroxyl groups is 2. The fourth-order valence-electron chi connectivity index (χ4n) is 2.21. The Morgan fingerprint density at radius 2 is 1.82 bits per heavy atom. The Hall–Kier alpha value is -2.38. The quantitative estimate of drug-likeness (QED) is 0.706. The van der Waals surface area contributed by atoms with Gasteiger partial charge < -0.3 is 20.8 Å². The molecule has 0 atom stereocenters. The van der Waals surface area contributed by atoms with E-state index in [-0.39, 0.29) is 32.2 Å². The molecule has 0 fully saturated rings. The second-order valence-corrected chi connectivity index (χ2v) is 4.91. The van der Waals surface area contributed by atoms with Crippen LogP contribution in [0.4, 0.5) is 5.82 Å². The largest absolute Gasteiger partial charge is 0.395 e. The lowest BCUT2D eigenvalue weighted by molar-refractivity contribution is 0.0685. The standard InChI is InChI=1S/C15H20N4O3/c1-11-10-14(16)19(17-11)13-4-2-12(3-5-13)15(22)18(6-8-20)7-9-21/h2-5,10,20-21H,6-9,16H2,1H3. The molecule has 0 aliphatic heterocycles. The number of carbonyl (C=O) groups is 1. The molecule has 0 unspecified atom stereocenters. The van der Waals surface area contributed by atoms with Crippen LogP contribution in [0.2, 0.25) is 0 Å². The van der Waals surface area contributed by atoms with Crippen molar-refractivity contribution in [3.05, 3.63) is 41.6 Å². The number of aliphatic hydroxyl groups excluding tert-OH is 2. The molecule has 0 aliphatic carbocycles. The summed E-state index contributed by atoms with van der Waals surface area (Å²) in [6.45, 7) is 1.94.